The number of carbonyl (C=O) groups excluding carboxylic acids is 1. The van der Waals surface area contributed by atoms with Crippen LogP contribution in [-0.2, 0) is 34.8 Å². The van der Waals surface area contributed by atoms with Crippen LogP contribution in [0.4, 0.5) is 0 Å². The van der Waals surface area contributed by atoms with E-state index in [0.717, 1.165) is 5.56 Å². The van der Waals surface area contributed by atoms with Crippen molar-refractivity contribution in [3.8, 4) is 0 Å². The lowest BCUT2D eigenvalue weighted by molar-refractivity contribution is -0.166. The van der Waals surface area contributed by atoms with E-state index >= 15 is 0 Å². The van der Waals surface area contributed by atoms with Gasteiger partial charge in [-0.15, -0.1) is 0 Å². The smallest absolute Gasteiger partial charge is 0.311 e. The number of fused-ring (bicyclic) bond motifs is 1. The molecule has 0 amide bonds. The fraction of sp³-hybridized carbons (Fsp3) is 0.578. The molecule has 0 spiro atoms. The molecule has 0 bridgehead atoms. The Bertz CT molecular complexity index is 1570. The van der Waals surface area contributed by atoms with Crippen LogP contribution in [0, 0.1) is 11.3 Å². The standard InChI is InChI=1S/C45H65NO6Si/c1-42(2,3)41(47)49-30-35-38-40(52-44(7,8)9)37(51-43(4,5)6)28-46(38)36(39(35)48-29-32-22-16-13-17-23-32)31-50-53(45(10,11)12,33-24-18-14-19-25-33)34-26-20-15-21-27-34/h13-27,35-40H,28-31H2,1-12H3/t35-,36+,37+,38+,39+,40-/m1/s1. The second-order valence-corrected chi connectivity index (χ2v) is 23.3. The van der Waals surface area contributed by atoms with E-state index in [0.29, 0.717) is 19.8 Å². The highest BCUT2D eigenvalue weighted by molar-refractivity contribution is 6.99. The highest BCUT2D eigenvalue weighted by Gasteiger charge is 2.61. The Morgan fingerprint density at radius 2 is 1.19 bits per heavy atom. The number of esters is 1. The van der Waals surface area contributed by atoms with Crippen molar-refractivity contribution < 1.29 is 28.2 Å². The summed E-state index contributed by atoms with van der Waals surface area (Å²) in [4.78, 5) is 15.9. The molecule has 53 heavy (non-hydrogen) atoms. The molecule has 0 saturated carbocycles. The van der Waals surface area contributed by atoms with Gasteiger partial charge in [0.1, 0.15) is 6.10 Å². The summed E-state index contributed by atoms with van der Waals surface area (Å²) in [7, 11) is -2.90. The van der Waals surface area contributed by atoms with E-state index in [9.17, 15) is 4.79 Å². The monoisotopic (exact) mass is 743 g/mol. The molecule has 290 valence electrons. The fourth-order valence-corrected chi connectivity index (χ4v) is 12.8. The molecule has 6 atom stereocenters. The lowest BCUT2D eigenvalue weighted by Gasteiger charge is -2.44. The highest BCUT2D eigenvalue weighted by atomic mass is 28.4. The second-order valence-electron chi connectivity index (χ2n) is 19.0. The first-order valence-electron chi connectivity index (χ1n) is 19.4. The molecule has 0 aromatic heterocycles. The number of hydrogen-bond donors (Lipinski definition) is 0. The summed E-state index contributed by atoms with van der Waals surface area (Å²) in [5, 5.41) is 2.26. The lowest BCUT2D eigenvalue weighted by atomic mass is 9.91. The van der Waals surface area contributed by atoms with Crippen LogP contribution in [0.3, 0.4) is 0 Å². The SMILES string of the molecule is CC(C)(C)O[C@H]1[C@@H]2[C@@H](COC(=O)C(C)(C)C)[C@H](OCc3ccccc3)[C@H](CO[Si](c3ccccc3)(c3ccccc3)C(C)(C)C)N2C[C@@H]1OC(C)(C)C. The molecular formula is C45H65NO6Si. The van der Waals surface area contributed by atoms with Crippen molar-refractivity contribution in [3.63, 3.8) is 0 Å². The minimum atomic E-state index is -2.90. The summed E-state index contributed by atoms with van der Waals surface area (Å²) >= 11 is 0. The zero-order chi connectivity index (χ0) is 38.8. The number of ether oxygens (including phenoxy) is 4. The summed E-state index contributed by atoms with van der Waals surface area (Å²) in [6.07, 6.45) is -0.799. The topological polar surface area (TPSA) is 66.5 Å². The third kappa shape index (κ3) is 9.70. The van der Waals surface area contributed by atoms with Gasteiger partial charge in [-0.3, -0.25) is 9.69 Å². The van der Waals surface area contributed by atoms with Crippen LogP contribution in [0.1, 0.15) is 88.6 Å². The van der Waals surface area contributed by atoms with E-state index in [1.165, 1.54) is 10.4 Å². The molecule has 3 aromatic carbocycles. The summed E-state index contributed by atoms with van der Waals surface area (Å²) in [6, 6.07) is 31.6. The van der Waals surface area contributed by atoms with Gasteiger partial charge in [0.2, 0.25) is 0 Å². The van der Waals surface area contributed by atoms with Crippen LogP contribution < -0.4 is 10.4 Å². The van der Waals surface area contributed by atoms with Gasteiger partial charge in [-0.2, -0.15) is 0 Å². The molecular weight excluding hydrogens is 679 g/mol. The summed E-state index contributed by atoms with van der Waals surface area (Å²) in [5.41, 5.74) is -0.369. The van der Waals surface area contributed by atoms with Gasteiger partial charge in [0.25, 0.3) is 8.32 Å². The van der Waals surface area contributed by atoms with Gasteiger partial charge in [0, 0.05) is 18.5 Å². The zero-order valence-corrected chi connectivity index (χ0v) is 35.3. The van der Waals surface area contributed by atoms with Crippen LogP contribution in [0.2, 0.25) is 5.04 Å². The van der Waals surface area contributed by atoms with Crippen molar-refractivity contribution in [1.82, 2.24) is 4.90 Å². The predicted octanol–water partition coefficient (Wildman–Crippen LogP) is 7.79. The molecule has 0 aliphatic carbocycles. The van der Waals surface area contributed by atoms with E-state index in [1.54, 1.807) is 0 Å². The molecule has 0 radical (unpaired) electrons. The van der Waals surface area contributed by atoms with Crippen molar-refractivity contribution in [2.75, 3.05) is 19.8 Å². The first-order chi connectivity index (χ1) is 24.7. The van der Waals surface area contributed by atoms with Gasteiger partial charge in [-0.05, 0) is 83.3 Å². The fourth-order valence-electron chi connectivity index (χ4n) is 8.21. The molecule has 2 saturated heterocycles. The number of carbonyl (C=O) groups is 1. The third-order valence-electron chi connectivity index (χ3n) is 10.3. The van der Waals surface area contributed by atoms with Gasteiger partial charge in [0.05, 0.1) is 54.7 Å². The van der Waals surface area contributed by atoms with Crippen LogP contribution >= 0.6 is 0 Å². The molecule has 2 heterocycles. The van der Waals surface area contributed by atoms with Crippen molar-refractivity contribution in [3.05, 3.63) is 96.6 Å². The van der Waals surface area contributed by atoms with Gasteiger partial charge in [-0.1, -0.05) is 112 Å². The van der Waals surface area contributed by atoms with Crippen molar-refractivity contribution in [2.45, 2.75) is 136 Å². The molecule has 8 heteroatoms. The highest BCUT2D eigenvalue weighted by Crippen LogP contribution is 2.45. The summed E-state index contributed by atoms with van der Waals surface area (Å²) < 4.78 is 34.7. The number of hydrogen-bond acceptors (Lipinski definition) is 7. The van der Waals surface area contributed by atoms with Crippen molar-refractivity contribution >= 4 is 24.7 Å². The van der Waals surface area contributed by atoms with E-state index in [4.69, 9.17) is 23.4 Å². The number of nitrogens with zero attached hydrogens (tertiary/aromatic N) is 1. The Morgan fingerprint density at radius 3 is 1.66 bits per heavy atom. The Hall–Kier alpha value is -2.85. The molecule has 2 aliphatic rings. The Labute approximate surface area is 320 Å². The molecule has 5 rings (SSSR count). The quantitative estimate of drug-likeness (QED) is 0.139. The zero-order valence-electron chi connectivity index (χ0n) is 34.3. The summed E-state index contributed by atoms with van der Waals surface area (Å²) in [6.45, 7) is 26.9. The van der Waals surface area contributed by atoms with Crippen molar-refractivity contribution in [1.29, 1.82) is 0 Å². The molecule has 0 N–H and O–H groups in total. The second kappa shape index (κ2) is 16.1. The lowest BCUT2D eigenvalue weighted by Crippen LogP contribution is -2.67. The Morgan fingerprint density at radius 1 is 0.679 bits per heavy atom. The number of rotatable bonds is 12. The Kier molecular flexibility index (Phi) is 12.5. The normalized spacial score (nSPS) is 24.3. The largest absolute Gasteiger partial charge is 0.465 e. The molecule has 2 fully saturated rings. The maximum absolute atomic E-state index is 13.4. The van der Waals surface area contributed by atoms with E-state index < -0.39 is 19.3 Å². The molecule has 0 unspecified atom stereocenters. The minimum Gasteiger partial charge on any atom is -0.465 e. The van der Waals surface area contributed by atoms with Crippen LogP contribution in [0.15, 0.2) is 91.0 Å². The minimum absolute atomic E-state index is 0.136. The van der Waals surface area contributed by atoms with Crippen LogP contribution in [-0.4, -0.2) is 80.5 Å². The van der Waals surface area contributed by atoms with Gasteiger partial charge in [0.15, 0.2) is 0 Å². The van der Waals surface area contributed by atoms with Gasteiger partial charge < -0.3 is 23.4 Å². The van der Waals surface area contributed by atoms with Gasteiger partial charge >= 0.3 is 5.97 Å². The van der Waals surface area contributed by atoms with E-state index in [-0.39, 0.29) is 59.5 Å². The van der Waals surface area contributed by atoms with Gasteiger partial charge in [-0.25, -0.2) is 0 Å². The first kappa shape index (κ1) is 41.3. The number of benzene rings is 3. The summed E-state index contributed by atoms with van der Waals surface area (Å²) in [5.74, 6) is -0.426. The molecule has 3 aromatic rings. The maximum Gasteiger partial charge on any atom is 0.311 e. The van der Waals surface area contributed by atoms with E-state index in [1.807, 2.05) is 39.0 Å². The van der Waals surface area contributed by atoms with Crippen molar-refractivity contribution in [2.24, 2.45) is 11.3 Å². The first-order valence-corrected chi connectivity index (χ1v) is 21.3. The van der Waals surface area contributed by atoms with Crippen LogP contribution in [0.5, 0.6) is 0 Å². The molecule has 7 nitrogen and oxygen atoms in total. The average molecular weight is 744 g/mol. The third-order valence-corrected chi connectivity index (χ3v) is 15.3. The van der Waals surface area contributed by atoms with Crippen LogP contribution in [0.25, 0.3) is 0 Å². The van der Waals surface area contributed by atoms with E-state index in [2.05, 4.69) is 140 Å². The average Bonchev–Trinajstić information content (AvgIpc) is 3.54. The maximum atomic E-state index is 13.4. The predicted molar refractivity (Wildman–Crippen MR) is 216 cm³/mol. The Balaban J connectivity index is 1.63. The molecule has 2 aliphatic heterocycles.